The van der Waals surface area contributed by atoms with Crippen LogP contribution in [0.2, 0.25) is 0 Å². The van der Waals surface area contributed by atoms with Crippen LogP contribution in [0.15, 0.2) is 23.1 Å². The molecule has 0 aliphatic heterocycles. The number of nitrogens with one attached hydrogen (secondary N) is 2. The minimum atomic E-state index is -3.98. The number of benzene rings is 1. The molecule has 10 heteroatoms. The Morgan fingerprint density at radius 3 is 2.55 bits per heavy atom. The van der Waals surface area contributed by atoms with Crippen molar-refractivity contribution < 1.29 is 13.3 Å². The molecule has 0 atom stereocenters. The molecule has 0 saturated heterocycles. The van der Waals surface area contributed by atoms with Gasteiger partial charge in [-0.1, -0.05) is 0 Å². The van der Waals surface area contributed by atoms with Crippen molar-refractivity contribution in [3.8, 4) is 0 Å². The van der Waals surface area contributed by atoms with Gasteiger partial charge in [0, 0.05) is 19.2 Å². The zero-order valence-corrected chi connectivity index (χ0v) is 12.0. The number of nitrogen functional groups attached to an aromatic ring is 1. The molecule has 0 radical (unpaired) electrons. The van der Waals surface area contributed by atoms with Crippen LogP contribution in [0.4, 0.5) is 11.4 Å². The smallest absolute Gasteiger partial charge is 0.289 e. The zero-order chi connectivity index (χ0) is 15.3. The van der Waals surface area contributed by atoms with E-state index in [1.54, 1.807) is 19.0 Å². The number of sulfonamides is 1. The van der Waals surface area contributed by atoms with Gasteiger partial charge in [0.25, 0.3) is 5.69 Å². The quantitative estimate of drug-likeness (QED) is 0.358. The second kappa shape index (κ2) is 6.61. The van der Waals surface area contributed by atoms with Gasteiger partial charge < -0.3 is 10.3 Å². The molecule has 0 amide bonds. The van der Waals surface area contributed by atoms with E-state index in [0.29, 0.717) is 6.54 Å². The third-order valence-corrected chi connectivity index (χ3v) is 3.95. The predicted octanol–water partition coefficient (Wildman–Crippen LogP) is -0.280. The lowest BCUT2D eigenvalue weighted by Gasteiger charge is -2.11. The van der Waals surface area contributed by atoms with Crippen LogP contribution < -0.4 is 16.0 Å². The lowest BCUT2D eigenvalue weighted by atomic mass is 10.3. The molecule has 0 unspecified atom stereocenters. The van der Waals surface area contributed by atoms with Gasteiger partial charge in [-0.25, -0.2) is 13.1 Å². The van der Waals surface area contributed by atoms with E-state index in [0.717, 1.165) is 12.1 Å². The summed E-state index contributed by atoms with van der Waals surface area (Å²) in [6.45, 7) is 0.620. The van der Waals surface area contributed by atoms with E-state index in [1.807, 2.05) is 0 Å². The van der Waals surface area contributed by atoms with Gasteiger partial charge in [-0.2, -0.15) is 0 Å². The van der Waals surface area contributed by atoms with Crippen molar-refractivity contribution in [1.29, 1.82) is 0 Å². The Morgan fingerprint density at radius 2 is 2.05 bits per heavy atom. The van der Waals surface area contributed by atoms with Crippen LogP contribution in [0.25, 0.3) is 0 Å². The summed E-state index contributed by atoms with van der Waals surface area (Å²) in [6, 6.07) is 3.54. The molecule has 0 saturated carbocycles. The Kier molecular flexibility index (Phi) is 5.39. The Bertz CT molecular complexity index is 587. The lowest BCUT2D eigenvalue weighted by molar-refractivity contribution is -0.387. The number of nitrogens with zero attached hydrogens (tertiary/aromatic N) is 2. The first kappa shape index (κ1) is 16.3. The Labute approximate surface area is 116 Å². The summed E-state index contributed by atoms with van der Waals surface area (Å²) in [6.07, 6.45) is 0. The number of nitro groups is 1. The summed E-state index contributed by atoms with van der Waals surface area (Å²) in [5, 5.41) is 10.9. The molecule has 0 spiro atoms. The van der Waals surface area contributed by atoms with Crippen LogP contribution in [0.5, 0.6) is 0 Å². The molecule has 4 N–H and O–H groups in total. The fourth-order valence-corrected chi connectivity index (χ4v) is 2.67. The SMILES string of the molecule is CN(C)CCNS(=O)(=O)c1cc(NN)ccc1[N+](=O)[O-]. The monoisotopic (exact) mass is 303 g/mol. The van der Waals surface area contributed by atoms with Crippen LogP contribution in [0.1, 0.15) is 0 Å². The highest BCUT2D eigenvalue weighted by atomic mass is 32.2. The van der Waals surface area contributed by atoms with E-state index in [9.17, 15) is 18.5 Å². The summed E-state index contributed by atoms with van der Waals surface area (Å²) in [5.74, 6) is 5.19. The van der Waals surface area contributed by atoms with Gasteiger partial charge in [-0.15, -0.1) is 0 Å². The summed E-state index contributed by atoms with van der Waals surface area (Å²) in [4.78, 5) is 11.5. The number of hydrogen-bond acceptors (Lipinski definition) is 7. The average Bonchev–Trinajstić information content (AvgIpc) is 2.37. The number of hydrogen-bond donors (Lipinski definition) is 3. The number of hydrazine groups is 1. The third kappa shape index (κ3) is 4.13. The molecule has 0 aliphatic carbocycles. The van der Waals surface area contributed by atoms with Crippen molar-refractivity contribution in [1.82, 2.24) is 9.62 Å². The summed E-state index contributed by atoms with van der Waals surface area (Å²) in [5.41, 5.74) is 2.03. The highest BCUT2D eigenvalue weighted by molar-refractivity contribution is 7.89. The molecular weight excluding hydrogens is 286 g/mol. The van der Waals surface area contributed by atoms with Gasteiger partial charge >= 0.3 is 0 Å². The van der Waals surface area contributed by atoms with Crippen LogP contribution >= 0.6 is 0 Å². The summed E-state index contributed by atoms with van der Waals surface area (Å²) >= 11 is 0. The Morgan fingerprint density at radius 1 is 1.40 bits per heavy atom. The van der Waals surface area contributed by atoms with Crippen molar-refractivity contribution in [3.05, 3.63) is 28.3 Å². The van der Waals surface area contributed by atoms with Gasteiger partial charge in [-0.05, 0) is 26.2 Å². The molecule has 1 rings (SSSR count). The van der Waals surface area contributed by atoms with Gasteiger partial charge in [0.1, 0.15) is 0 Å². The predicted molar refractivity (Wildman–Crippen MR) is 74.6 cm³/mol. The second-order valence-electron chi connectivity index (χ2n) is 4.29. The Hall–Kier alpha value is -1.75. The van der Waals surface area contributed by atoms with Crippen LogP contribution in [-0.2, 0) is 10.0 Å². The van der Waals surface area contributed by atoms with Gasteiger partial charge in [0.05, 0.1) is 10.6 Å². The maximum Gasteiger partial charge on any atom is 0.289 e. The average molecular weight is 303 g/mol. The standard InChI is InChI=1S/C10H17N5O4S/c1-14(2)6-5-12-20(18,19)10-7-8(13-11)3-4-9(10)15(16)17/h3-4,7,12-13H,5-6,11H2,1-2H3. The summed E-state index contributed by atoms with van der Waals surface area (Å²) < 4.78 is 26.5. The van der Waals surface area contributed by atoms with E-state index >= 15 is 0 Å². The number of anilines is 1. The maximum absolute atomic E-state index is 12.1. The van der Waals surface area contributed by atoms with Crippen molar-refractivity contribution in [2.45, 2.75) is 4.90 Å². The van der Waals surface area contributed by atoms with E-state index in [2.05, 4.69) is 10.1 Å². The van der Waals surface area contributed by atoms with Gasteiger partial charge in [0.2, 0.25) is 10.0 Å². The van der Waals surface area contributed by atoms with Crippen molar-refractivity contribution >= 4 is 21.4 Å². The molecule has 0 bridgehead atoms. The molecule has 1 aromatic rings. The van der Waals surface area contributed by atoms with Crippen molar-refractivity contribution in [3.63, 3.8) is 0 Å². The van der Waals surface area contributed by atoms with Crippen LogP contribution in [0.3, 0.4) is 0 Å². The van der Waals surface area contributed by atoms with E-state index in [4.69, 9.17) is 5.84 Å². The minimum absolute atomic E-state index is 0.146. The number of likely N-dealkylation sites (N-methyl/N-ethyl adjacent to an activating group) is 1. The molecule has 0 fully saturated rings. The minimum Gasteiger partial charge on any atom is -0.324 e. The highest BCUT2D eigenvalue weighted by Crippen LogP contribution is 2.26. The van der Waals surface area contributed by atoms with Crippen LogP contribution in [0, 0.1) is 10.1 Å². The van der Waals surface area contributed by atoms with Crippen molar-refractivity contribution in [2.75, 3.05) is 32.6 Å². The topological polar surface area (TPSA) is 131 Å². The van der Waals surface area contributed by atoms with Crippen LogP contribution in [-0.4, -0.2) is 45.4 Å². The zero-order valence-electron chi connectivity index (χ0n) is 11.2. The van der Waals surface area contributed by atoms with E-state index < -0.39 is 25.5 Å². The first-order valence-corrected chi connectivity index (χ1v) is 7.15. The van der Waals surface area contributed by atoms with E-state index in [-0.39, 0.29) is 12.2 Å². The first-order valence-electron chi connectivity index (χ1n) is 5.67. The third-order valence-electron chi connectivity index (χ3n) is 2.46. The number of nitro benzene ring substituents is 1. The van der Waals surface area contributed by atoms with Gasteiger partial charge in [-0.3, -0.25) is 16.0 Å². The summed E-state index contributed by atoms with van der Waals surface area (Å²) in [7, 11) is -0.403. The molecule has 1 aromatic carbocycles. The molecule has 20 heavy (non-hydrogen) atoms. The fourth-order valence-electron chi connectivity index (χ4n) is 1.45. The van der Waals surface area contributed by atoms with E-state index in [1.165, 1.54) is 6.07 Å². The van der Waals surface area contributed by atoms with Gasteiger partial charge in [0.15, 0.2) is 4.90 Å². The molecule has 9 nitrogen and oxygen atoms in total. The molecule has 0 heterocycles. The number of rotatable bonds is 7. The highest BCUT2D eigenvalue weighted by Gasteiger charge is 2.25. The van der Waals surface area contributed by atoms with Crippen molar-refractivity contribution in [2.24, 2.45) is 5.84 Å². The molecule has 0 aromatic heterocycles. The fraction of sp³-hybridized carbons (Fsp3) is 0.400. The maximum atomic E-state index is 12.1. The molecular formula is C10H17N5O4S. The molecule has 112 valence electrons. The lowest BCUT2D eigenvalue weighted by Crippen LogP contribution is -2.31. The Balaban J connectivity index is 3.11. The second-order valence-corrected chi connectivity index (χ2v) is 6.02. The number of nitrogens with two attached hydrogens (primary N) is 1. The first-order chi connectivity index (χ1) is 9.27. The molecule has 0 aliphatic rings. The largest absolute Gasteiger partial charge is 0.324 e. The normalized spacial score (nSPS) is 11.6.